The van der Waals surface area contributed by atoms with Crippen LogP contribution in [0.5, 0.6) is 0 Å². The number of amides is 1. The monoisotopic (exact) mass is 393 g/mol. The number of carbonyl (C=O) groups excluding carboxylic acids is 2. The minimum Gasteiger partial charge on any atom is -0.503 e. The molecule has 4 rings (SSSR count). The number of carbonyl (C=O) groups is 2. The van der Waals surface area contributed by atoms with Gasteiger partial charge in [0, 0.05) is 17.8 Å². The maximum atomic E-state index is 13.1. The molecule has 0 bridgehead atoms. The molecule has 3 aromatic rings. The van der Waals surface area contributed by atoms with Crippen molar-refractivity contribution in [2.45, 2.75) is 26.8 Å². The number of Topliss-reactive ketones (excluding diaryl/α,β-unsaturated/α-hetero) is 1. The van der Waals surface area contributed by atoms with Gasteiger partial charge in [-0.2, -0.15) is 0 Å². The SMILES string of the molecule is CC(C)(C)C(=O)C1=C(O)C(=O)N(c2nc3ccccc3s2)C1c1ccncc1. The van der Waals surface area contributed by atoms with Crippen molar-refractivity contribution in [3.05, 3.63) is 65.7 Å². The molecule has 0 aliphatic carbocycles. The number of fused-ring (bicyclic) bond motifs is 1. The molecule has 28 heavy (non-hydrogen) atoms. The predicted molar refractivity (Wildman–Crippen MR) is 108 cm³/mol. The molecular formula is C21H19N3O3S. The fourth-order valence-electron chi connectivity index (χ4n) is 3.26. The third kappa shape index (κ3) is 2.88. The molecule has 1 atom stereocenters. The van der Waals surface area contributed by atoms with E-state index in [0.29, 0.717) is 10.7 Å². The fraction of sp³-hybridized carbons (Fsp3) is 0.238. The highest BCUT2D eigenvalue weighted by molar-refractivity contribution is 7.22. The maximum Gasteiger partial charge on any atom is 0.296 e. The molecule has 1 unspecified atom stereocenters. The number of ketones is 1. The molecule has 1 N–H and O–H groups in total. The van der Waals surface area contributed by atoms with Crippen LogP contribution >= 0.6 is 11.3 Å². The van der Waals surface area contributed by atoms with Crippen LogP contribution in [0.1, 0.15) is 32.4 Å². The molecule has 2 aromatic heterocycles. The van der Waals surface area contributed by atoms with E-state index in [2.05, 4.69) is 9.97 Å². The first-order valence-electron chi connectivity index (χ1n) is 8.86. The van der Waals surface area contributed by atoms with E-state index < -0.39 is 23.1 Å². The van der Waals surface area contributed by atoms with Crippen LogP contribution in [0.3, 0.4) is 0 Å². The van der Waals surface area contributed by atoms with E-state index in [9.17, 15) is 14.7 Å². The van der Waals surface area contributed by atoms with Gasteiger partial charge in [0.1, 0.15) is 0 Å². The van der Waals surface area contributed by atoms with E-state index in [-0.39, 0.29) is 11.4 Å². The summed E-state index contributed by atoms with van der Waals surface area (Å²) in [5.41, 5.74) is 0.805. The molecule has 0 radical (unpaired) electrons. The number of benzene rings is 1. The van der Waals surface area contributed by atoms with Crippen LogP contribution < -0.4 is 4.90 Å². The largest absolute Gasteiger partial charge is 0.503 e. The minimum atomic E-state index is -0.752. The van der Waals surface area contributed by atoms with Crippen molar-refractivity contribution < 1.29 is 14.7 Å². The van der Waals surface area contributed by atoms with Gasteiger partial charge in [0.25, 0.3) is 5.91 Å². The number of anilines is 1. The average Bonchev–Trinajstić information content (AvgIpc) is 3.20. The summed E-state index contributed by atoms with van der Waals surface area (Å²) in [6, 6.07) is 10.3. The van der Waals surface area contributed by atoms with Crippen LogP contribution in [0.4, 0.5) is 5.13 Å². The van der Waals surface area contributed by atoms with Crippen molar-refractivity contribution in [3.63, 3.8) is 0 Å². The molecule has 7 heteroatoms. The van der Waals surface area contributed by atoms with Crippen molar-refractivity contribution >= 4 is 38.4 Å². The lowest BCUT2D eigenvalue weighted by molar-refractivity contribution is -0.123. The Morgan fingerprint density at radius 2 is 1.82 bits per heavy atom. The minimum absolute atomic E-state index is 0.1000. The van der Waals surface area contributed by atoms with E-state index in [0.717, 1.165) is 10.2 Å². The second-order valence-corrected chi connectivity index (χ2v) is 8.67. The molecule has 1 aliphatic rings. The number of rotatable bonds is 3. The number of hydrogen-bond acceptors (Lipinski definition) is 6. The van der Waals surface area contributed by atoms with Crippen LogP contribution in [0, 0.1) is 5.41 Å². The number of aliphatic hydroxyl groups excluding tert-OH is 1. The number of para-hydroxylation sites is 1. The van der Waals surface area contributed by atoms with Crippen LogP contribution in [-0.4, -0.2) is 26.8 Å². The van der Waals surface area contributed by atoms with E-state index in [4.69, 9.17) is 0 Å². The van der Waals surface area contributed by atoms with Gasteiger partial charge >= 0.3 is 0 Å². The van der Waals surface area contributed by atoms with Crippen molar-refractivity contribution in [3.8, 4) is 0 Å². The highest BCUT2D eigenvalue weighted by Gasteiger charge is 2.47. The topological polar surface area (TPSA) is 83.4 Å². The van der Waals surface area contributed by atoms with Gasteiger partial charge < -0.3 is 5.11 Å². The van der Waals surface area contributed by atoms with E-state index in [1.165, 1.54) is 16.2 Å². The van der Waals surface area contributed by atoms with Crippen molar-refractivity contribution in [2.75, 3.05) is 4.90 Å². The van der Waals surface area contributed by atoms with Gasteiger partial charge in [-0.3, -0.25) is 19.5 Å². The molecule has 1 amide bonds. The Kier molecular flexibility index (Phi) is 4.27. The Morgan fingerprint density at radius 3 is 2.46 bits per heavy atom. The second-order valence-electron chi connectivity index (χ2n) is 7.66. The van der Waals surface area contributed by atoms with Crippen molar-refractivity contribution in [1.29, 1.82) is 0 Å². The van der Waals surface area contributed by atoms with E-state index in [1.807, 2.05) is 24.3 Å². The average molecular weight is 393 g/mol. The number of pyridine rings is 1. The Morgan fingerprint density at radius 1 is 1.14 bits per heavy atom. The van der Waals surface area contributed by atoms with Crippen LogP contribution in [0.25, 0.3) is 10.2 Å². The Bertz CT molecular complexity index is 1080. The standard InChI is InChI=1S/C21H19N3O3S/c1-21(2,3)18(26)15-16(12-8-10-22-11-9-12)24(19(27)17(15)25)20-23-13-6-4-5-7-14(13)28-20/h4-11,16,25H,1-3H3. The summed E-state index contributed by atoms with van der Waals surface area (Å²) < 4.78 is 0.925. The van der Waals surface area contributed by atoms with Crippen LogP contribution in [0.15, 0.2) is 60.1 Å². The summed E-state index contributed by atoms with van der Waals surface area (Å²) in [6.07, 6.45) is 3.20. The van der Waals surface area contributed by atoms with Gasteiger partial charge in [-0.1, -0.05) is 44.2 Å². The number of nitrogens with zero attached hydrogens (tertiary/aromatic N) is 3. The van der Waals surface area contributed by atoms with E-state index in [1.54, 1.807) is 45.3 Å². The predicted octanol–water partition coefficient (Wildman–Crippen LogP) is 4.21. The molecule has 0 saturated heterocycles. The first-order chi connectivity index (χ1) is 13.3. The van der Waals surface area contributed by atoms with Gasteiger partial charge in [0.2, 0.25) is 0 Å². The molecule has 6 nitrogen and oxygen atoms in total. The van der Waals surface area contributed by atoms with Gasteiger partial charge in [-0.25, -0.2) is 4.98 Å². The zero-order valence-electron chi connectivity index (χ0n) is 15.7. The molecule has 0 saturated carbocycles. The van der Waals surface area contributed by atoms with Crippen LogP contribution in [-0.2, 0) is 9.59 Å². The first-order valence-corrected chi connectivity index (χ1v) is 9.67. The number of aromatic nitrogens is 2. The third-order valence-corrected chi connectivity index (χ3v) is 5.68. The molecule has 3 heterocycles. The lowest BCUT2D eigenvalue weighted by Crippen LogP contribution is -2.32. The zero-order chi connectivity index (χ0) is 20.1. The van der Waals surface area contributed by atoms with E-state index >= 15 is 0 Å². The highest BCUT2D eigenvalue weighted by Crippen LogP contribution is 2.45. The summed E-state index contributed by atoms with van der Waals surface area (Å²) in [7, 11) is 0. The third-order valence-electron chi connectivity index (χ3n) is 4.64. The summed E-state index contributed by atoms with van der Waals surface area (Å²) in [6.45, 7) is 5.30. The maximum absolute atomic E-state index is 13.1. The Hall–Kier alpha value is -3.06. The zero-order valence-corrected chi connectivity index (χ0v) is 16.5. The summed E-state index contributed by atoms with van der Waals surface area (Å²) >= 11 is 1.35. The summed E-state index contributed by atoms with van der Waals surface area (Å²) in [4.78, 5) is 36.2. The smallest absolute Gasteiger partial charge is 0.296 e. The molecule has 1 aromatic carbocycles. The molecule has 0 fully saturated rings. The van der Waals surface area contributed by atoms with Crippen molar-refractivity contribution in [2.24, 2.45) is 5.41 Å². The van der Waals surface area contributed by atoms with Crippen LogP contribution in [0.2, 0.25) is 0 Å². The second kappa shape index (κ2) is 6.53. The van der Waals surface area contributed by atoms with Crippen molar-refractivity contribution in [1.82, 2.24) is 9.97 Å². The van der Waals surface area contributed by atoms with Gasteiger partial charge in [0.05, 0.1) is 21.8 Å². The van der Waals surface area contributed by atoms with Gasteiger partial charge in [-0.05, 0) is 29.8 Å². The quantitative estimate of drug-likeness (QED) is 0.721. The molecule has 1 aliphatic heterocycles. The molecule has 0 spiro atoms. The normalized spacial score (nSPS) is 17.6. The summed E-state index contributed by atoms with van der Waals surface area (Å²) in [5, 5.41) is 11.1. The molecule has 142 valence electrons. The lowest BCUT2D eigenvalue weighted by atomic mass is 9.82. The first kappa shape index (κ1) is 18.3. The van der Waals surface area contributed by atoms with Gasteiger partial charge in [-0.15, -0.1) is 0 Å². The lowest BCUT2D eigenvalue weighted by Gasteiger charge is -2.27. The highest BCUT2D eigenvalue weighted by atomic mass is 32.1. The number of aliphatic hydroxyl groups is 1. The molecular weight excluding hydrogens is 374 g/mol. The number of thiazole rings is 1. The summed E-state index contributed by atoms with van der Waals surface area (Å²) in [5.74, 6) is -1.40. The number of hydrogen-bond donors (Lipinski definition) is 1. The van der Waals surface area contributed by atoms with Gasteiger partial charge in [0.15, 0.2) is 16.7 Å². The fourth-order valence-corrected chi connectivity index (χ4v) is 4.25. The Labute approximate surface area is 166 Å². The Balaban J connectivity index is 1.91.